The predicted octanol–water partition coefficient (Wildman–Crippen LogP) is 0.938. The molecule has 0 saturated heterocycles. The van der Waals surface area contributed by atoms with E-state index in [1.807, 2.05) is 0 Å². The highest BCUT2D eigenvalue weighted by Crippen LogP contribution is 2.20. The Labute approximate surface area is 60.4 Å². The monoisotopic (exact) mass is 165 g/mol. The van der Waals surface area contributed by atoms with Crippen LogP contribution in [0.1, 0.15) is 6.92 Å². The molecule has 0 aliphatic heterocycles. The van der Waals surface area contributed by atoms with Crippen LogP contribution in [0, 0.1) is 0 Å². The van der Waals surface area contributed by atoms with Crippen molar-refractivity contribution >= 4 is 14.0 Å². The summed E-state index contributed by atoms with van der Waals surface area (Å²) in [6, 6.07) is 0. The Bertz CT molecular complexity index is 134. The molecule has 0 aliphatic carbocycles. The van der Waals surface area contributed by atoms with Crippen molar-refractivity contribution < 1.29 is 18.6 Å². The van der Waals surface area contributed by atoms with Gasteiger partial charge in [0, 0.05) is 0 Å². The second-order valence-electron chi connectivity index (χ2n) is 1.48. The summed E-state index contributed by atoms with van der Waals surface area (Å²) in [7, 11) is -0.603. The first-order valence-electron chi connectivity index (χ1n) is 2.85. The topological polar surface area (TPSA) is 52.6 Å². The van der Waals surface area contributed by atoms with Crippen LogP contribution in [0.4, 0.5) is 0 Å². The van der Waals surface area contributed by atoms with Crippen LogP contribution in [0.15, 0.2) is 0 Å². The molecule has 4 nitrogen and oxygen atoms in total. The van der Waals surface area contributed by atoms with E-state index in [0.29, 0.717) is 6.61 Å². The maximum Gasteiger partial charge on any atom is 0.520 e. The average Bonchev–Trinajstić information content (AvgIpc) is 1.88. The van der Waals surface area contributed by atoms with Crippen LogP contribution >= 0.6 is 8.03 Å². The molecule has 0 rings (SSSR count). The molecule has 0 heterocycles. The van der Waals surface area contributed by atoms with Gasteiger partial charge in [-0.15, -0.1) is 4.52 Å². The van der Waals surface area contributed by atoms with Gasteiger partial charge < -0.3 is 4.74 Å². The van der Waals surface area contributed by atoms with E-state index in [1.54, 1.807) is 6.92 Å². The lowest BCUT2D eigenvalue weighted by Crippen LogP contribution is -2.03. The van der Waals surface area contributed by atoms with Crippen molar-refractivity contribution in [1.82, 2.24) is 0 Å². The fourth-order valence-electron chi connectivity index (χ4n) is 0.360. The van der Waals surface area contributed by atoms with E-state index in [4.69, 9.17) is 0 Å². The number of hydrogen-bond donors (Lipinski definition) is 0. The lowest BCUT2D eigenvalue weighted by molar-refractivity contribution is -0.137. The third-order valence-electron chi connectivity index (χ3n) is 0.759. The van der Waals surface area contributed by atoms with Crippen molar-refractivity contribution in [2.75, 3.05) is 19.9 Å². The fourth-order valence-corrected chi connectivity index (χ4v) is 1.08. The van der Waals surface area contributed by atoms with Crippen LogP contribution in [0.5, 0.6) is 0 Å². The van der Waals surface area contributed by atoms with Gasteiger partial charge in [-0.2, -0.15) is 0 Å². The summed E-state index contributed by atoms with van der Waals surface area (Å²) in [6.45, 7) is 2.07. The molecule has 0 amide bonds. The summed E-state index contributed by atoms with van der Waals surface area (Å²) >= 11 is 0. The van der Waals surface area contributed by atoms with E-state index >= 15 is 0 Å². The minimum Gasteiger partial charge on any atom is -0.466 e. The Morgan fingerprint density at radius 2 is 2.20 bits per heavy atom. The SMILES string of the molecule is CCO[P+](=O)CC(=O)OC. The smallest absolute Gasteiger partial charge is 0.466 e. The van der Waals surface area contributed by atoms with Crippen LogP contribution < -0.4 is 0 Å². The van der Waals surface area contributed by atoms with Gasteiger partial charge in [0.1, 0.15) is 0 Å². The van der Waals surface area contributed by atoms with Crippen LogP contribution in [-0.2, 0) is 18.6 Å². The van der Waals surface area contributed by atoms with Crippen molar-refractivity contribution in [1.29, 1.82) is 0 Å². The number of carbonyl (C=O) groups excluding carboxylic acids is 1. The molecular formula is C5H10O4P+. The molecule has 1 atom stereocenters. The molecule has 0 aromatic carbocycles. The molecule has 1 unspecified atom stereocenters. The first-order chi connectivity index (χ1) is 4.70. The molecule has 58 valence electrons. The molecule has 10 heavy (non-hydrogen) atoms. The highest BCUT2D eigenvalue weighted by atomic mass is 31.1. The predicted molar refractivity (Wildman–Crippen MR) is 36.1 cm³/mol. The first-order valence-corrected chi connectivity index (χ1v) is 4.21. The van der Waals surface area contributed by atoms with Gasteiger partial charge in [-0.3, -0.25) is 0 Å². The van der Waals surface area contributed by atoms with Gasteiger partial charge >= 0.3 is 14.0 Å². The first kappa shape index (κ1) is 9.53. The second kappa shape index (κ2) is 5.33. The molecule has 0 spiro atoms. The summed E-state index contributed by atoms with van der Waals surface area (Å²) in [5.41, 5.74) is 0. The third-order valence-corrected chi connectivity index (χ3v) is 1.82. The average molecular weight is 165 g/mol. The second-order valence-corrected chi connectivity index (χ2v) is 2.72. The molecule has 0 N–H and O–H groups in total. The Balaban J connectivity index is 3.47. The van der Waals surface area contributed by atoms with Crippen molar-refractivity contribution in [3.8, 4) is 0 Å². The van der Waals surface area contributed by atoms with Gasteiger partial charge in [-0.25, -0.2) is 4.79 Å². The summed E-state index contributed by atoms with van der Waals surface area (Å²) < 4.78 is 19.5. The molecule has 0 saturated carbocycles. The van der Waals surface area contributed by atoms with Crippen LogP contribution in [0.2, 0.25) is 0 Å². The van der Waals surface area contributed by atoms with E-state index in [1.165, 1.54) is 7.11 Å². The minimum atomic E-state index is -1.85. The third kappa shape index (κ3) is 4.41. The molecular weight excluding hydrogens is 155 g/mol. The Hall–Kier alpha value is -0.470. The van der Waals surface area contributed by atoms with E-state index in [2.05, 4.69) is 9.26 Å². The molecule has 0 aromatic heterocycles. The zero-order valence-corrected chi connectivity index (χ0v) is 6.89. The number of rotatable bonds is 4. The lowest BCUT2D eigenvalue weighted by atomic mass is 10.8. The number of ether oxygens (including phenoxy) is 1. The van der Waals surface area contributed by atoms with Gasteiger partial charge in [-0.05, 0) is 11.5 Å². The van der Waals surface area contributed by atoms with Crippen LogP contribution in [-0.4, -0.2) is 25.8 Å². The van der Waals surface area contributed by atoms with Crippen LogP contribution in [0.25, 0.3) is 0 Å². The number of hydrogen-bond acceptors (Lipinski definition) is 4. The molecule has 0 radical (unpaired) electrons. The normalized spacial score (nSPS) is 10.8. The zero-order valence-electron chi connectivity index (χ0n) is 5.99. The number of carbonyl (C=O) groups is 1. The van der Waals surface area contributed by atoms with Gasteiger partial charge in [0.25, 0.3) is 6.16 Å². The van der Waals surface area contributed by atoms with Gasteiger partial charge in [0.15, 0.2) is 0 Å². The molecule has 0 aromatic rings. The van der Waals surface area contributed by atoms with E-state index < -0.39 is 14.0 Å². The van der Waals surface area contributed by atoms with Crippen molar-refractivity contribution in [2.45, 2.75) is 6.92 Å². The van der Waals surface area contributed by atoms with Gasteiger partial charge in [0.05, 0.1) is 13.7 Å². The number of esters is 1. The molecule has 0 aliphatic rings. The Morgan fingerprint density at radius 1 is 1.60 bits per heavy atom. The van der Waals surface area contributed by atoms with Gasteiger partial charge in [0.2, 0.25) is 0 Å². The highest BCUT2D eigenvalue weighted by molar-refractivity contribution is 7.40. The van der Waals surface area contributed by atoms with E-state index in [0.717, 1.165) is 0 Å². The number of methoxy groups -OCH3 is 1. The highest BCUT2D eigenvalue weighted by Gasteiger charge is 2.22. The summed E-state index contributed by atoms with van der Waals surface area (Å²) in [4.78, 5) is 10.4. The lowest BCUT2D eigenvalue weighted by Gasteiger charge is -1.87. The molecule has 0 bridgehead atoms. The van der Waals surface area contributed by atoms with E-state index in [9.17, 15) is 9.36 Å². The van der Waals surface area contributed by atoms with Gasteiger partial charge in [-0.1, -0.05) is 0 Å². The summed E-state index contributed by atoms with van der Waals surface area (Å²) in [5.74, 6) is -0.505. The fraction of sp³-hybridized carbons (Fsp3) is 0.800. The Morgan fingerprint density at radius 3 is 2.60 bits per heavy atom. The largest absolute Gasteiger partial charge is 0.520 e. The Kier molecular flexibility index (Phi) is 5.08. The summed E-state index contributed by atoms with van der Waals surface area (Å²) in [5, 5.41) is 0. The standard InChI is InChI=1S/C5H10O4P/c1-3-9-10(7)4-5(6)8-2/h3-4H2,1-2H3/q+1. The van der Waals surface area contributed by atoms with E-state index in [-0.39, 0.29) is 6.16 Å². The molecule has 0 fully saturated rings. The maximum absolute atomic E-state index is 10.6. The van der Waals surface area contributed by atoms with Crippen molar-refractivity contribution in [3.05, 3.63) is 0 Å². The minimum absolute atomic E-state index is 0.153. The maximum atomic E-state index is 10.6. The van der Waals surface area contributed by atoms with Crippen LogP contribution in [0.3, 0.4) is 0 Å². The van der Waals surface area contributed by atoms with Crippen molar-refractivity contribution in [2.24, 2.45) is 0 Å². The quantitative estimate of drug-likeness (QED) is 0.459. The zero-order chi connectivity index (χ0) is 7.98. The van der Waals surface area contributed by atoms with Crippen molar-refractivity contribution in [3.63, 3.8) is 0 Å². The molecule has 5 heteroatoms. The summed E-state index contributed by atoms with van der Waals surface area (Å²) in [6.07, 6.45) is -0.153.